The van der Waals surface area contributed by atoms with Crippen LogP contribution in [0.2, 0.25) is 0 Å². The topological polar surface area (TPSA) is 578 Å². The molecule has 112 heavy (non-hydrogen) atoms. The van der Waals surface area contributed by atoms with Crippen LogP contribution in [-0.4, -0.2) is 195 Å². The Balaban J connectivity index is 1.61. The minimum Gasteiger partial charge on any atom is -0.508 e. The van der Waals surface area contributed by atoms with E-state index in [2.05, 4.69) is 63.5 Å². The molecule has 0 saturated heterocycles. The largest absolute Gasteiger partial charge is 0.508 e. The molecule has 0 saturated carbocycles. The fraction of sp³-hybridized carbons (Fsp3) is 0.513. The van der Waals surface area contributed by atoms with E-state index >= 15 is 0 Å². The normalized spacial score (nSPS) is 14.6. The van der Waals surface area contributed by atoms with E-state index in [1.807, 2.05) is 0 Å². The SMILES string of the molecule is CC[C@H](C)[C@H](NC(=O)[C@H](Cc1ccc(O)cc1)NC(=O)[C@@H](NC(=O)[C@H](C)NC(=O)[C@H](Cc1ccccc1)NC(=O)[C@H](CC(C)C)NC(=O)[C@H](CCCCN)NC(=O)[C@H](Cc1ccccc1)NC(=O)[C@@H](N)CC(=O)O)C(C)C)C(=O)N[C@@H](CCCCN)C(=O)N[C@@H](Cc1ccc(O)cc1)C(=O)N[C@@H](CCCN=C(N)N)C(=O)O. The first-order valence-corrected chi connectivity index (χ1v) is 37.8. The maximum absolute atomic E-state index is 14.9. The number of aliphatic imine (C=N–C) groups is 1. The molecule has 0 unspecified atom stereocenters. The third kappa shape index (κ3) is 33.5. The summed E-state index contributed by atoms with van der Waals surface area (Å²) in [5.41, 5.74) is 30.5. The number of carboxylic acid groups (broad SMARTS) is 2. The molecule has 0 aliphatic heterocycles. The number of benzene rings is 4. The molecule has 34 heteroatoms. The van der Waals surface area contributed by atoms with Crippen molar-refractivity contribution in [2.45, 2.75) is 217 Å². The smallest absolute Gasteiger partial charge is 0.326 e. The van der Waals surface area contributed by atoms with E-state index in [1.54, 1.807) is 102 Å². The zero-order chi connectivity index (χ0) is 83.1. The number of hydrogen-bond acceptors (Lipinski definition) is 19. The first-order valence-electron chi connectivity index (χ1n) is 37.8. The molecule has 0 aromatic heterocycles. The van der Waals surface area contributed by atoms with Gasteiger partial charge < -0.3 is 108 Å². The average Bonchev–Trinajstić information content (AvgIpc) is 0.868. The van der Waals surface area contributed by atoms with Crippen molar-refractivity contribution < 1.29 is 82.8 Å². The Bertz CT molecular complexity index is 3760. The van der Waals surface area contributed by atoms with Crippen LogP contribution < -0.4 is 87.2 Å². The van der Waals surface area contributed by atoms with Crippen molar-refractivity contribution in [3.05, 3.63) is 131 Å². The van der Waals surface area contributed by atoms with Crippen LogP contribution in [-0.2, 0) is 88.0 Å². The first kappa shape index (κ1) is 93.1. The van der Waals surface area contributed by atoms with Gasteiger partial charge in [-0.25, -0.2) is 4.79 Å². The van der Waals surface area contributed by atoms with Gasteiger partial charge in [-0.2, -0.15) is 0 Å². The Labute approximate surface area is 652 Å². The Kier molecular flexibility index (Phi) is 40.2. The number of amides is 11. The lowest BCUT2D eigenvalue weighted by Gasteiger charge is -2.30. The second kappa shape index (κ2) is 48.4. The number of carboxylic acids is 2. The minimum atomic E-state index is -1.51. The van der Waals surface area contributed by atoms with Gasteiger partial charge in [-0.15, -0.1) is 0 Å². The second-order valence-corrected chi connectivity index (χ2v) is 28.6. The van der Waals surface area contributed by atoms with Crippen molar-refractivity contribution in [2.24, 2.45) is 51.4 Å². The average molecular weight is 1560 g/mol. The maximum atomic E-state index is 14.9. The monoisotopic (exact) mass is 1560 g/mol. The van der Waals surface area contributed by atoms with Gasteiger partial charge in [0.05, 0.1) is 12.5 Å². The molecule has 0 heterocycles. The standard InChI is InChI=1S/C78H115N17O17/c1-8-46(6)65(76(110)87-56(25-16-18-36-80)69(103)91-61(41-50-27-31-52(96)32-28-50)73(107)88-57(77(111)112)26-19-37-84-78(82)83)95-74(108)62(42-51-29-33-53(97)34-30-51)93-75(109)64(45(4)5)94-66(100)47(7)85-70(104)59(39-48-20-11-9-12-21-48)92-71(105)58(38-44(2)3)90-68(102)55(24-15-17-35-79)86-72(106)60(40-49-22-13-10-14-23-49)89-67(101)54(81)43-63(98)99/h9-14,20-23,27-34,44-47,54-62,64-65,96-97H,8,15-19,24-26,35-43,79-81H2,1-7H3,(H,85,104)(H,86,106)(H,87,110)(H,88,107)(H,89,101)(H,90,102)(H,91,103)(H,92,105)(H,93,109)(H,94,100)(H,95,108)(H,98,99)(H,111,112)(H4,82,83,84)/t46-,47-,54-,55-,56-,57-,58-,59-,60-,61-,62-,64-,65-/m0/s1. The third-order valence-electron chi connectivity index (χ3n) is 18.4. The van der Waals surface area contributed by atoms with Crippen LogP contribution in [0.4, 0.5) is 0 Å². The highest BCUT2D eigenvalue weighted by molar-refractivity contribution is 6.00. The Morgan fingerprint density at radius 3 is 1.15 bits per heavy atom. The van der Waals surface area contributed by atoms with E-state index in [1.165, 1.54) is 55.5 Å². The van der Waals surface area contributed by atoms with Crippen molar-refractivity contribution in [2.75, 3.05) is 19.6 Å². The summed E-state index contributed by atoms with van der Waals surface area (Å²) in [4.78, 5) is 186. The van der Waals surface area contributed by atoms with Gasteiger partial charge in [0.25, 0.3) is 0 Å². The molecule has 0 spiro atoms. The summed E-state index contributed by atoms with van der Waals surface area (Å²) in [6.07, 6.45) is 0.473. The number of carbonyl (C=O) groups excluding carboxylic acids is 11. The molecule has 0 aliphatic carbocycles. The number of guanidine groups is 1. The van der Waals surface area contributed by atoms with Gasteiger partial charge in [0.2, 0.25) is 65.0 Å². The molecule has 13 atom stereocenters. The number of rotatable bonds is 50. The molecular formula is C78H115N17O17. The van der Waals surface area contributed by atoms with Gasteiger partial charge in [0.15, 0.2) is 5.96 Å². The molecule has 0 radical (unpaired) electrons. The van der Waals surface area contributed by atoms with Crippen molar-refractivity contribution in [3.63, 3.8) is 0 Å². The van der Waals surface area contributed by atoms with Crippen LogP contribution in [0.3, 0.4) is 0 Å². The fourth-order valence-corrected chi connectivity index (χ4v) is 11.9. The van der Waals surface area contributed by atoms with Crippen LogP contribution >= 0.6 is 0 Å². The highest BCUT2D eigenvalue weighted by Crippen LogP contribution is 2.19. The fourth-order valence-electron chi connectivity index (χ4n) is 11.9. The summed E-state index contributed by atoms with van der Waals surface area (Å²) in [6.45, 7) is 12.1. The summed E-state index contributed by atoms with van der Waals surface area (Å²) >= 11 is 0. The van der Waals surface area contributed by atoms with E-state index in [9.17, 15) is 82.8 Å². The summed E-state index contributed by atoms with van der Waals surface area (Å²) in [5, 5.41) is 69.1. The lowest BCUT2D eigenvalue weighted by molar-refractivity contribution is -0.142. The lowest BCUT2D eigenvalue weighted by atomic mass is 9.96. The first-order chi connectivity index (χ1) is 53.1. The number of nitrogens with zero attached hydrogens (tertiary/aromatic N) is 1. The van der Waals surface area contributed by atoms with E-state index in [0.29, 0.717) is 47.9 Å². The molecule has 4 aromatic rings. The summed E-state index contributed by atoms with van der Waals surface area (Å²) in [5.74, 6) is -14.2. The van der Waals surface area contributed by atoms with Crippen LogP contribution in [0.1, 0.15) is 141 Å². The number of nitrogens with one attached hydrogen (secondary N) is 11. The molecule has 11 amide bonds. The van der Waals surface area contributed by atoms with Gasteiger partial charge in [-0.1, -0.05) is 133 Å². The van der Waals surface area contributed by atoms with Crippen molar-refractivity contribution in [1.29, 1.82) is 0 Å². The van der Waals surface area contributed by atoms with E-state index < -0.39 is 168 Å². The van der Waals surface area contributed by atoms with Crippen molar-refractivity contribution >= 4 is 82.9 Å². The Morgan fingerprint density at radius 1 is 0.393 bits per heavy atom. The Hall–Kier alpha value is -11.3. The molecule has 4 aromatic carbocycles. The predicted octanol–water partition coefficient (Wildman–Crippen LogP) is -0.333. The number of phenolic OH excluding ortho intramolecular Hbond substituents is 2. The van der Waals surface area contributed by atoms with Gasteiger partial charge in [-0.3, -0.25) is 62.5 Å². The van der Waals surface area contributed by atoms with Gasteiger partial charge in [-0.05, 0) is 142 Å². The van der Waals surface area contributed by atoms with Gasteiger partial charge in [0, 0.05) is 32.2 Å². The number of hydrogen-bond donors (Lipinski definition) is 20. The minimum absolute atomic E-state index is 0.0218. The van der Waals surface area contributed by atoms with Crippen LogP contribution in [0.25, 0.3) is 0 Å². The van der Waals surface area contributed by atoms with Crippen LogP contribution in [0, 0.1) is 17.8 Å². The summed E-state index contributed by atoms with van der Waals surface area (Å²) in [7, 11) is 0. The Morgan fingerprint density at radius 2 is 0.741 bits per heavy atom. The molecular weight excluding hydrogens is 1450 g/mol. The van der Waals surface area contributed by atoms with Crippen molar-refractivity contribution in [1.82, 2.24) is 58.5 Å². The maximum Gasteiger partial charge on any atom is 0.326 e. The molecule has 34 nitrogen and oxygen atoms in total. The quantitative estimate of drug-likeness (QED) is 0.0153. The molecule has 0 fully saturated rings. The number of aromatic hydroxyl groups is 2. The molecule has 0 bridgehead atoms. The predicted molar refractivity (Wildman–Crippen MR) is 418 cm³/mol. The second-order valence-electron chi connectivity index (χ2n) is 28.6. The van der Waals surface area contributed by atoms with E-state index in [0.717, 1.165) is 0 Å². The molecule has 0 aliphatic rings. The highest BCUT2D eigenvalue weighted by atomic mass is 16.4. The number of nitrogens with two attached hydrogens (primary N) is 5. The highest BCUT2D eigenvalue weighted by Gasteiger charge is 2.38. The zero-order valence-corrected chi connectivity index (χ0v) is 64.7. The number of unbranched alkanes of at least 4 members (excludes halogenated alkanes) is 2. The molecule has 4 rings (SSSR count). The number of aliphatic carboxylic acids is 2. The third-order valence-corrected chi connectivity index (χ3v) is 18.4. The van der Waals surface area contributed by atoms with Gasteiger partial charge >= 0.3 is 11.9 Å². The zero-order valence-electron chi connectivity index (χ0n) is 64.7. The van der Waals surface area contributed by atoms with Crippen molar-refractivity contribution in [3.8, 4) is 11.5 Å². The van der Waals surface area contributed by atoms with Crippen LogP contribution in [0.15, 0.2) is 114 Å². The van der Waals surface area contributed by atoms with E-state index in [-0.39, 0.29) is 107 Å². The number of phenols is 2. The van der Waals surface area contributed by atoms with Gasteiger partial charge in [0.1, 0.15) is 78.0 Å². The molecule has 25 N–H and O–H groups in total. The lowest BCUT2D eigenvalue weighted by Crippen LogP contribution is -2.62. The summed E-state index contributed by atoms with van der Waals surface area (Å²) in [6, 6.07) is 11.7. The summed E-state index contributed by atoms with van der Waals surface area (Å²) < 4.78 is 0. The van der Waals surface area contributed by atoms with E-state index in [4.69, 9.17) is 28.7 Å². The van der Waals surface area contributed by atoms with Crippen LogP contribution in [0.5, 0.6) is 11.5 Å². The number of carbonyl (C=O) groups is 13. The molecule has 614 valence electrons.